The van der Waals surface area contributed by atoms with Crippen LogP contribution in [0.15, 0.2) is 35.1 Å². The van der Waals surface area contributed by atoms with Crippen LogP contribution >= 0.6 is 11.6 Å². The van der Waals surface area contributed by atoms with Gasteiger partial charge in [0.25, 0.3) is 5.56 Å². The number of rotatable bonds is 3. The Balaban J connectivity index is 1.63. The van der Waals surface area contributed by atoms with Crippen LogP contribution in [0, 0.1) is 17.1 Å². The average Bonchev–Trinajstić information content (AvgIpc) is 2.73. The van der Waals surface area contributed by atoms with Gasteiger partial charge in [-0.3, -0.25) is 4.79 Å². The van der Waals surface area contributed by atoms with Gasteiger partial charge >= 0.3 is 0 Å². The van der Waals surface area contributed by atoms with E-state index in [1.807, 2.05) is 11.0 Å². The number of piperidine rings is 1. The third-order valence-corrected chi connectivity index (χ3v) is 5.63. The standard InChI is InChI=1S/C21H19ClFN5O2/c1-27-16-4-5-18(22)26-19(16)20(14(11-24)21(27)30)28-8-6-13(7-9-28)25-15-3-2-12(23)10-17(15)29/h2-5,10,13,25,29H,6-9H2,1H3. The van der Waals surface area contributed by atoms with Gasteiger partial charge in [-0.1, -0.05) is 11.6 Å². The fraction of sp³-hybridized carbons (Fsp3) is 0.286. The van der Waals surface area contributed by atoms with E-state index in [2.05, 4.69) is 10.3 Å². The van der Waals surface area contributed by atoms with Gasteiger partial charge in [-0.05, 0) is 37.1 Å². The Morgan fingerprint density at radius 1 is 1.30 bits per heavy atom. The number of nitriles is 1. The summed E-state index contributed by atoms with van der Waals surface area (Å²) < 4.78 is 14.6. The molecule has 1 aromatic carbocycles. The van der Waals surface area contributed by atoms with Crippen molar-refractivity contribution in [1.82, 2.24) is 9.55 Å². The molecule has 1 saturated heterocycles. The van der Waals surface area contributed by atoms with Crippen LogP contribution in [0.4, 0.5) is 15.8 Å². The Morgan fingerprint density at radius 2 is 2.03 bits per heavy atom. The van der Waals surface area contributed by atoms with Gasteiger partial charge in [0, 0.05) is 32.2 Å². The van der Waals surface area contributed by atoms with Crippen molar-refractivity contribution in [2.45, 2.75) is 18.9 Å². The monoisotopic (exact) mass is 427 g/mol. The molecule has 0 aliphatic carbocycles. The molecule has 0 unspecified atom stereocenters. The maximum absolute atomic E-state index is 13.2. The summed E-state index contributed by atoms with van der Waals surface area (Å²) in [5.41, 5.74) is 1.77. The highest BCUT2D eigenvalue weighted by molar-refractivity contribution is 6.29. The first-order chi connectivity index (χ1) is 14.4. The molecular weight excluding hydrogens is 409 g/mol. The highest BCUT2D eigenvalue weighted by Crippen LogP contribution is 2.32. The number of fused-ring (bicyclic) bond motifs is 1. The molecule has 1 aliphatic heterocycles. The molecule has 3 aromatic rings. The molecule has 1 aliphatic rings. The summed E-state index contributed by atoms with van der Waals surface area (Å²) in [4.78, 5) is 19.1. The first-order valence-corrected chi connectivity index (χ1v) is 9.86. The van der Waals surface area contributed by atoms with E-state index in [1.54, 1.807) is 19.2 Å². The van der Waals surface area contributed by atoms with E-state index in [-0.39, 0.29) is 28.1 Å². The summed E-state index contributed by atoms with van der Waals surface area (Å²) in [6, 6.07) is 9.29. The number of nitrogens with one attached hydrogen (secondary N) is 1. The number of aromatic hydroxyl groups is 1. The molecule has 0 radical (unpaired) electrons. The highest BCUT2D eigenvalue weighted by Gasteiger charge is 2.26. The molecule has 3 heterocycles. The van der Waals surface area contributed by atoms with E-state index < -0.39 is 5.82 Å². The van der Waals surface area contributed by atoms with E-state index in [1.165, 1.54) is 16.7 Å². The first-order valence-electron chi connectivity index (χ1n) is 9.48. The number of hydrogen-bond acceptors (Lipinski definition) is 6. The molecule has 0 spiro atoms. The number of phenols is 1. The van der Waals surface area contributed by atoms with Crippen LogP contribution in [0.25, 0.3) is 11.0 Å². The van der Waals surface area contributed by atoms with Crippen molar-refractivity contribution in [3.8, 4) is 11.8 Å². The minimum atomic E-state index is -0.499. The molecule has 30 heavy (non-hydrogen) atoms. The molecule has 7 nitrogen and oxygen atoms in total. The molecule has 0 atom stereocenters. The number of benzene rings is 1. The van der Waals surface area contributed by atoms with Gasteiger partial charge in [0.05, 0.1) is 16.9 Å². The number of hydrogen-bond donors (Lipinski definition) is 2. The van der Waals surface area contributed by atoms with Gasteiger partial charge in [0.15, 0.2) is 0 Å². The Hall–Kier alpha value is -3.31. The molecule has 154 valence electrons. The van der Waals surface area contributed by atoms with Gasteiger partial charge in [-0.15, -0.1) is 0 Å². The average molecular weight is 428 g/mol. The van der Waals surface area contributed by atoms with Crippen molar-refractivity contribution < 1.29 is 9.50 Å². The summed E-state index contributed by atoms with van der Waals surface area (Å²) in [6.07, 6.45) is 1.39. The van der Waals surface area contributed by atoms with Crippen molar-refractivity contribution in [2.24, 2.45) is 7.05 Å². The molecule has 0 bridgehead atoms. The van der Waals surface area contributed by atoms with E-state index in [9.17, 15) is 19.6 Å². The summed E-state index contributed by atoms with van der Waals surface area (Å²) in [5, 5.41) is 23.1. The molecule has 9 heteroatoms. The number of anilines is 2. The number of nitrogens with zero attached hydrogens (tertiary/aromatic N) is 4. The maximum Gasteiger partial charge on any atom is 0.270 e. The van der Waals surface area contributed by atoms with Crippen molar-refractivity contribution in [2.75, 3.05) is 23.3 Å². The smallest absolute Gasteiger partial charge is 0.270 e. The third kappa shape index (κ3) is 3.53. The second-order valence-corrected chi connectivity index (χ2v) is 7.66. The van der Waals surface area contributed by atoms with Crippen LogP contribution in [0.3, 0.4) is 0 Å². The van der Waals surface area contributed by atoms with Crippen molar-refractivity contribution in [3.63, 3.8) is 0 Å². The Bertz CT molecular complexity index is 1230. The zero-order valence-corrected chi connectivity index (χ0v) is 16.9. The van der Waals surface area contributed by atoms with Gasteiger partial charge < -0.3 is 19.9 Å². The summed E-state index contributed by atoms with van der Waals surface area (Å²) >= 11 is 6.10. The highest BCUT2D eigenvalue weighted by atomic mass is 35.5. The Kier molecular flexibility index (Phi) is 5.22. The van der Waals surface area contributed by atoms with E-state index in [0.717, 1.165) is 6.07 Å². The molecule has 0 amide bonds. The van der Waals surface area contributed by atoms with Crippen molar-refractivity contribution >= 4 is 34.0 Å². The quantitative estimate of drug-likeness (QED) is 0.491. The largest absolute Gasteiger partial charge is 0.506 e. The number of phenolic OH excluding ortho intramolecular Hbond substituents is 1. The van der Waals surface area contributed by atoms with Gasteiger partial charge in [-0.25, -0.2) is 9.37 Å². The van der Waals surface area contributed by atoms with Crippen LogP contribution in [0.1, 0.15) is 18.4 Å². The zero-order valence-electron chi connectivity index (χ0n) is 16.2. The van der Waals surface area contributed by atoms with Crippen molar-refractivity contribution in [1.29, 1.82) is 5.26 Å². The topological polar surface area (TPSA) is 94.2 Å². The number of pyridine rings is 2. The van der Waals surface area contributed by atoms with Crippen LogP contribution in [0.5, 0.6) is 5.75 Å². The normalized spacial score (nSPS) is 14.7. The van der Waals surface area contributed by atoms with Crippen LogP contribution < -0.4 is 15.8 Å². The molecule has 1 fully saturated rings. The lowest BCUT2D eigenvalue weighted by Gasteiger charge is -2.35. The fourth-order valence-electron chi connectivity index (χ4n) is 3.87. The number of aromatic nitrogens is 2. The van der Waals surface area contributed by atoms with Crippen LogP contribution in [0.2, 0.25) is 5.15 Å². The third-order valence-electron chi connectivity index (χ3n) is 5.42. The van der Waals surface area contributed by atoms with E-state index in [0.29, 0.717) is 48.3 Å². The lowest BCUT2D eigenvalue weighted by Crippen LogP contribution is -2.40. The fourth-order valence-corrected chi connectivity index (χ4v) is 4.02. The molecule has 2 aromatic heterocycles. The second-order valence-electron chi connectivity index (χ2n) is 7.27. The lowest BCUT2D eigenvalue weighted by molar-refractivity contribution is 0.466. The van der Waals surface area contributed by atoms with Crippen LogP contribution in [-0.4, -0.2) is 33.8 Å². The molecular formula is C21H19ClFN5O2. The van der Waals surface area contributed by atoms with Crippen LogP contribution in [-0.2, 0) is 7.05 Å². The number of halogens is 2. The minimum absolute atomic E-state index is 0.0438. The summed E-state index contributed by atoms with van der Waals surface area (Å²) in [7, 11) is 1.61. The Morgan fingerprint density at radius 3 is 2.70 bits per heavy atom. The van der Waals surface area contributed by atoms with E-state index >= 15 is 0 Å². The van der Waals surface area contributed by atoms with Gasteiger partial charge in [0.1, 0.15) is 33.9 Å². The predicted molar refractivity (Wildman–Crippen MR) is 114 cm³/mol. The second kappa shape index (κ2) is 7.84. The minimum Gasteiger partial charge on any atom is -0.506 e. The van der Waals surface area contributed by atoms with E-state index in [4.69, 9.17) is 11.6 Å². The molecule has 2 N–H and O–H groups in total. The Labute approximate surface area is 176 Å². The van der Waals surface area contributed by atoms with Crippen molar-refractivity contribution in [3.05, 3.63) is 57.2 Å². The first kappa shape index (κ1) is 20.0. The zero-order chi connectivity index (χ0) is 21.4. The SMILES string of the molecule is Cn1c(=O)c(C#N)c(N2CCC(Nc3ccc(F)cc3O)CC2)c2nc(Cl)ccc21. The molecule has 0 saturated carbocycles. The lowest BCUT2D eigenvalue weighted by atomic mass is 10.0. The number of aryl methyl sites for hydroxylation is 1. The predicted octanol–water partition coefficient (Wildman–Crippen LogP) is 3.38. The van der Waals surface area contributed by atoms with Gasteiger partial charge in [0.2, 0.25) is 0 Å². The maximum atomic E-state index is 13.2. The van der Waals surface area contributed by atoms with Gasteiger partial charge in [-0.2, -0.15) is 5.26 Å². The molecule has 4 rings (SSSR count). The summed E-state index contributed by atoms with van der Waals surface area (Å²) in [5.74, 6) is -0.638. The summed E-state index contributed by atoms with van der Waals surface area (Å²) in [6.45, 7) is 1.15.